The lowest BCUT2D eigenvalue weighted by molar-refractivity contribution is 0.123. The molecule has 0 spiro atoms. The summed E-state index contributed by atoms with van der Waals surface area (Å²) in [6.07, 6.45) is 7.32. The first-order chi connectivity index (χ1) is 14.1. The fourth-order valence-electron chi connectivity index (χ4n) is 3.62. The van der Waals surface area contributed by atoms with E-state index in [1.807, 2.05) is 29.8 Å². The number of aryl methyl sites for hydroxylation is 2. The molecule has 0 aliphatic carbocycles. The van der Waals surface area contributed by atoms with Crippen molar-refractivity contribution in [2.24, 2.45) is 7.05 Å². The molecular weight excluding hydrogens is 370 g/mol. The Kier molecular flexibility index (Phi) is 4.17. The molecule has 9 nitrogen and oxygen atoms in total. The number of anilines is 3. The van der Waals surface area contributed by atoms with Gasteiger partial charge in [-0.05, 0) is 18.6 Å². The predicted molar refractivity (Wildman–Crippen MR) is 111 cm³/mol. The zero-order valence-electron chi connectivity index (χ0n) is 16.3. The molecular formula is C20H21N7O2. The summed E-state index contributed by atoms with van der Waals surface area (Å²) in [6, 6.07) is 3.65. The monoisotopic (exact) mass is 391 g/mol. The Bertz CT molecular complexity index is 1270. The van der Waals surface area contributed by atoms with E-state index in [0.29, 0.717) is 24.7 Å². The Hall–Kier alpha value is -3.46. The molecule has 148 valence electrons. The molecule has 0 unspecified atom stereocenters. The second kappa shape index (κ2) is 6.85. The van der Waals surface area contributed by atoms with E-state index in [1.54, 1.807) is 30.1 Å². The summed E-state index contributed by atoms with van der Waals surface area (Å²) in [7, 11) is 1.74. The summed E-state index contributed by atoms with van der Waals surface area (Å²) in [5.74, 6) is 0.480. The minimum atomic E-state index is -0.0790. The number of imidazole rings is 1. The van der Waals surface area contributed by atoms with Gasteiger partial charge >= 0.3 is 0 Å². The van der Waals surface area contributed by atoms with Crippen molar-refractivity contribution in [2.75, 3.05) is 36.5 Å². The molecule has 1 fully saturated rings. The average Bonchev–Trinajstić information content (AvgIpc) is 3.18. The highest BCUT2D eigenvalue weighted by molar-refractivity contribution is 5.88. The largest absolute Gasteiger partial charge is 0.378 e. The van der Waals surface area contributed by atoms with Crippen LogP contribution in [0.25, 0.3) is 16.7 Å². The molecule has 1 saturated heterocycles. The van der Waals surface area contributed by atoms with Crippen molar-refractivity contribution in [1.29, 1.82) is 0 Å². The van der Waals surface area contributed by atoms with Crippen LogP contribution in [-0.4, -0.2) is 50.2 Å². The molecule has 0 atom stereocenters. The number of hydrogen-bond acceptors (Lipinski definition) is 7. The van der Waals surface area contributed by atoms with Crippen molar-refractivity contribution < 1.29 is 4.74 Å². The van der Waals surface area contributed by atoms with Crippen LogP contribution in [0.4, 0.5) is 17.3 Å². The van der Waals surface area contributed by atoms with Gasteiger partial charge in [0.15, 0.2) is 0 Å². The van der Waals surface area contributed by atoms with E-state index < -0.39 is 0 Å². The van der Waals surface area contributed by atoms with Crippen LogP contribution in [0.5, 0.6) is 0 Å². The van der Waals surface area contributed by atoms with E-state index in [2.05, 4.69) is 20.2 Å². The third kappa shape index (κ3) is 3.09. The molecule has 1 aliphatic heterocycles. The molecule has 1 aliphatic rings. The highest BCUT2D eigenvalue weighted by Crippen LogP contribution is 2.26. The number of ether oxygens (including phenoxy) is 1. The molecule has 4 aromatic rings. The van der Waals surface area contributed by atoms with Crippen LogP contribution >= 0.6 is 0 Å². The van der Waals surface area contributed by atoms with E-state index in [4.69, 9.17) is 9.72 Å². The molecule has 0 bridgehead atoms. The van der Waals surface area contributed by atoms with Gasteiger partial charge in [-0.2, -0.15) is 0 Å². The molecule has 0 saturated carbocycles. The lowest BCUT2D eigenvalue weighted by atomic mass is 10.2. The van der Waals surface area contributed by atoms with Gasteiger partial charge in [0.05, 0.1) is 36.3 Å². The average molecular weight is 391 g/mol. The van der Waals surface area contributed by atoms with Gasteiger partial charge in [-0.15, -0.1) is 0 Å². The third-order valence-electron chi connectivity index (χ3n) is 5.30. The normalized spacial score (nSPS) is 14.6. The lowest BCUT2D eigenvalue weighted by Gasteiger charge is -2.29. The van der Waals surface area contributed by atoms with Gasteiger partial charge in [-0.25, -0.2) is 15.0 Å². The Morgan fingerprint density at radius 2 is 2.00 bits per heavy atom. The van der Waals surface area contributed by atoms with Crippen LogP contribution in [-0.2, 0) is 11.8 Å². The van der Waals surface area contributed by atoms with Crippen molar-refractivity contribution in [2.45, 2.75) is 6.92 Å². The van der Waals surface area contributed by atoms with Crippen LogP contribution in [0, 0.1) is 6.92 Å². The Morgan fingerprint density at radius 1 is 1.17 bits per heavy atom. The topological polar surface area (TPSA) is 89.6 Å². The van der Waals surface area contributed by atoms with Gasteiger partial charge in [0.25, 0.3) is 5.56 Å². The lowest BCUT2D eigenvalue weighted by Crippen LogP contribution is -2.37. The summed E-state index contributed by atoms with van der Waals surface area (Å²) < 4.78 is 8.97. The van der Waals surface area contributed by atoms with E-state index >= 15 is 0 Å². The standard InChI is InChI=1S/C20H21N7O2/c1-13-9-17-21-3-4-27(17)12-14(13)23-20-22-11-16-19(24-20)15(10-18(28)25(16)2)26-5-7-29-8-6-26/h3-4,9-12H,5-8H2,1-2H3,(H,22,23,24). The summed E-state index contributed by atoms with van der Waals surface area (Å²) in [5, 5.41) is 3.31. The fourth-order valence-corrected chi connectivity index (χ4v) is 3.62. The second-order valence-electron chi connectivity index (χ2n) is 7.14. The number of fused-ring (bicyclic) bond motifs is 2. The minimum Gasteiger partial charge on any atom is -0.378 e. The number of hydrogen-bond donors (Lipinski definition) is 1. The second-order valence-corrected chi connectivity index (χ2v) is 7.14. The molecule has 0 amide bonds. The molecule has 0 radical (unpaired) electrons. The Labute approximate surface area is 166 Å². The van der Waals surface area contributed by atoms with E-state index in [1.165, 1.54) is 0 Å². The summed E-state index contributed by atoms with van der Waals surface area (Å²) in [5.41, 5.74) is 5.01. The SMILES string of the molecule is Cc1cc2nccn2cc1Nc1ncc2c(n1)c(N1CCOCC1)cc(=O)n2C. The van der Waals surface area contributed by atoms with Crippen molar-refractivity contribution in [3.8, 4) is 0 Å². The zero-order chi connectivity index (χ0) is 20.0. The first-order valence-corrected chi connectivity index (χ1v) is 9.50. The zero-order valence-corrected chi connectivity index (χ0v) is 16.3. The van der Waals surface area contributed by atoms with E-state index in [9.17, 15) is 4.79 Å². The van der Waals surface area contributed by atoms with Crippen molar-refractivity contribution in [1.82, 2.24) is 23.9 Å². The predicted octanol–water partition coefficient (Wildman–Crippen LogP) is 1.86. The van der Waals surface area contributed by atoms with Gasteiger partial charge in [0.1, 0.15) is 11.2 Å². The molecule has 1 N–H and O–H groups in total. The van der Waals surface area contributed by atoms with Gasteiger partial charge < -0.3 is 23.9 Å². The number of pyridine rings is 2. The molecule has 5 heterocycles. The Morgan fingerprint density at radius 3 is 2.83 bits per heavy atom. The van der Waals surface area contributed by atoms with Crippen LogP contribution < -0.4 is 15.8 Å². The molecule has 5 rings (SSSR count). The number of rotatable bonds is 3. The van der Waals surface area contributed by atoms with Crippen LogP contribution in [0.3, 0.4) is 0 Å². The smallest absolute Gasteiger partial charge is 0.252 e. The summed E-state index contributed by atoms with van der Waals surface area (Å²) in [4.78, 5) is 28.1. The molecule has 4 aromatic heterocycles. The van der Waals surface area contributed by atoms with Crippen LogP contribution in [0.2, 0.25) is 0 Å². The van der Waals surface area contributed by atoms with Crippen LogP contribution in [0.1, 0.15) is 5.56 Å². The highest BCUT2D eigenvalue weighted by Gasteiger charge is 2.18. The first-order valence-electron chi connectivity index (χ1n) is 9.50. The van der Waals surface area contributed by atoms with Gasteiger partial charge in [-0.3, -0.25) is 4.79 Å². The number of aromatic nitrogens is 5. The number of nitrogens with zero attached hydrogens (tertiary/aromatic N) is 6. The van der Waals surface area contributed by atoms with E-state index in [0.717, 1.165) is 41.2 Å². The highest BCUT2D eigenvalue weighted by atomic mass is 16.5. The quantitative estimate of drug-likeness (QED) is 0.570. The summed E-state index contributed by atoms with van der Waals surface area (Å²) in [6.45, 7) is 4.74. The molecule has 9 heteroatoms. The van der Waals surface area contributed by atoms with Crippen molar-refractivity contribution in [3.63, 3.8) is 0 Å². The van der Waals surface area contributed by atoms with Crippen LogP contribution in [0.15, 0.2) is 41.7 Å². The van der Waals surface area contributed by atoms with Gasteiger partial charge in [-0.1, -0.05) is 0 Å². The number of morpholine rings is 1. The molecule has 29 heavy (non-hydrogen) atoms. The van der Waals surface area contributed by atoms with Crippen molar-refractivity contribution >= 4 is 34.0 Å². The molecule has 0 aromatic carbocycles. The Balaban J connectivity index is 1.60. The maximum Gasteiger partial charge on any atom is 0.252 e. The summed E-state index contributed by atoms with van der Waals surface area (Å²) >= 11 is 0. The van der Waals surface area contributed by atoms with E-state index in [-0.39, 0.29) is 5.56 Å². The maximum absolute atomic E-state index is 12.4. The third-order valence-corrected chi connectivity index (χ3v) is 5.30. The van der Waals surface area contributed by atoms with Crippen molar-refractivity contribution in [3.05, 3.63) is 52.8 Å². The first kappa shape index (κ1) is 17.6. The minimum absolute atomic E-state index is 0.0790. The number of nitrogens with one attached hydrogen (secondary N) is 1. The van der Waals surface area contributed by atoms with Gasteiger partial charge in [0, 0.05) is 44.8 Å². The maximum atomic E-state index is 12.4. The fraction of sp³-hybridized carbons (Fsp3) is 0.300. The van der Waals surface area contributed by atoms with Gasteiger partial charge in [0.2, 0.25) is 5.95 Å².